The Bertz CT molecular complexity index is 492. The van der Waals surface area contributed by atoms with E-state index in [2.05, 4.69) is 5.32 Å². The third-order valence-electron chi connectivity index (χ3n) is 4.13. The predicted octanol–water partition coefficient (Wildman–Crippen LogP) is 2.65. The third-order valence-corrected chi connectivity index (χ3v) is 4.48. The zero-order valence-electron chi connectivity index (χ0n) is 12.0. The molecule has 1 aliphatic rings. The Labute approximate surface area is 130 Å². The summed E-state index contributed by atoms with van der Waals surface area (Å²) < 4.78 is 0. The first-order valence-electron chi connectivity index (χ1n) is 7.47. The van der Waals surface area contributed by atoms with Gasteiger partial charge in [-0.1, -0.05) is 36.9 Å². The van der Waals surface area contributed by atoms with Crippen molar-refractivity contribution in [2.75, 3.05) is 6.61 Å². The number of nitrogens with one attached hydrogen (secondary N) is 1. The van der Waals surface area contributed by atoms with E-state index in [0.717, 1.165) is 32.1 Å². The van der Waals surface area contributed by atoms with Crippen LogP contribution in [0.2, 0.25) is 5.02 Å². The van der Waals surface area contributed by atoms with E-state index in [1.54, 1.807) is 6.07 Å². The fourth-order valence-electron chi connectivity index (χ4n) is 2.90. The Morgan fingerprint density at radius 1 is 1.29 bits per heavy atom. The number of carbonyl (C=O) groups is 1. The van der Waals surface area contributed by atoms with Crippen molar-refractivity contribution < 1.29 is 15.0 Å². The van der Waals surface area contributed by atoms with E-state index in [1.807, 2.05) is 0 Å². The average molecular weight is 312 g/mol. The number of carbonyl (C=O) groups excluding carboxylic acids is 1. The van der Waals surface area contributed by atoms with Crippen LogP contribution in [0.1, 0.15) is 37.7 Å². The van der Waals surface area contributed by atoms with Gasteiger partial charge in [0.1, 0.15) is 5.75 Å². The molecule has 0 bridgehead atoms. The molecule has 1 amide bonds. The second kappa shape index (κ2) is 7.66. The maximum Gasteiger partial charge on any atom is 0.224 e. The number of halogens is 1. The van der Waals surface area contributed by atoms with Gasteiger partial charge in [0, 0.05) is 23.6 Å². The lowest BCUT2D eigenvalue weighted by Crippen LogP contribution is -2.41. The quantitative estimate of drug-likeness (QED) is 0.749. The number of rotatable bonds is 4. The lowest BCUT2D eigenvalue weighted by atomic mass is 9.95. The molecule has 0 spiro atoms. The summed E-state index contributed by atoms with van der Waals surface area (Å²) >= 11 is 6.02. The van der Waals surface area contributed by atoms with E-state index < -0.39 is 0 Å². The van der Waals surface area contributed by atoms with Gasteiger partial charge in [-0.2, -0.15) is 0 Å². The Balaban J connectivity index is 1.96. The van der Waals surface area contributed by atoms with Crippen LogP contribution in [0.4, 0.5) is 0 Å². The number of aliphatic hydroxyl groups excluding tert-OH is 1. The molecule has 2 rings (SSSR count). The highest BCUT2D eigenvalue weighted by Gasteiger charge is 2.24. The smallest absolute Gasteiger partial charge is 0.224 e. The van der Waals surface area contributed by atoms with Crippen LogP contribution < -0.4 is 5.32 Å². The lowest BCUT2D eigenvalue weighted by molar-refractivity contribution is -0.121. The molecule has 1 aromatic rings. The van der Waals surface area contributed by atoms with Crippen molar-refractivity contribution in [3.63, 3.8) is 0 Å². The zero-order chi connectivity index (χ0) is 15.2. The van der Waals surface area contributed by atoms with Gasteiger partial charge in [-0.3, -0.25) is 4.79 Å². The summed E-state index contributed by atoms with van der Waals surface area (Å²) in [6.45, 7) is 0.116. The van der Waals surface area contributed by atoms with Crippen molar-refractivity contribution >= 4 is 17.5 Å². The summed E-state index contributed by atoms with van der Waals surface area (Å²) in [6, 6.07) is 4.66. The topological polar surface area (TPSA) is 69.6 Å². The maximum absolute atomic E-state index is 12.2. The molecule has 3 N–H and O–H groups in total. The fraction of sp³-hybridized carbons (Fsp3) is 0.562. The molecule has 2 atom stereocenters. The number of phenols is 1. The maximum atomic E-state index is 12.2. The molecule has 0 heterocycles. The van der Waals surface area contributed by atoms with E-state index in [4.69, 9.17) is 11.6 Å². The van der Waals surface area contributed by atoms with E-state index >= 15 is 0 Å². The van der Waals surface area contributed by atoms with Gasteiger partial charge < -0.3 is 15.5 Å². The molecule has 2 unspecified atom stereocenters. The van der Waals surface area contributed by atoms with Gasteiger partial charge in [-0.15, -0.1) is 0 Å². The summed E-state index contributed by atoms with van der Waals surface area (Å²) in [4.78, 5) is 12.2. The first-order chi connectivity index (χ1) is 10.1. The third kappa shape index (κ3) is 4.61. The normalized spacial score (nSPS) is 22.6. The van der Waals surface area contributed by atoms with Crippen LogP contribution in [0.3, 0.4) is 0 Å². The van der Waals surface area contributed by atoms with Crippen LogP contribution in [-0.2, 0) is 11.2 Å². The summed E-state index contributed by atoms with van der Waals surface area (Å²) in [5.74, 6) is 0.146. The minimum Gasteiger partial charge on any atom is -0.508 e. The Kier molecular flexibility index (Phi) is 5.88. The van der Waals surface area contributed by atoms with Crippen molar-refractivity contribution in [2.24, 2.45) is 5.92 Å². The molecular formula is C16H22ClNO3. The monoisotopic (exact) mass is 311 g/mol. The second-order valence-electron chi connectivity index (χ2n) is 5.71. The number of aromatic hydroxyl groups is 1. The first-order valence-corrected chi connectivity index (χ1v) is 7.85. The highest BCUT2D eigenvalue weighted by molar-refractivity contribution is 6.31. The number of hydrogen-bond acceptors (Lipinski definition) is 3. The second-order valence-corrected chi connectivity index (χ2v) is 6.11. The van der Waals surface area contributed by atoms with E-state index in [-0.39, 0.29) is 36.6 Å². The molecule has 1 fully saturated rings. The Hall–Kier alpha value is -1.26. The Morgan fingerprint density at radius 2 is 2.05 bits per heavy atom. The van der Waals surface area contributed by atoms with E-state index in [0.29, 0.717) is 10.6 Å². The van der Waals surface area contributed by atoms with E-state index in [1.165, 1.54) is 12.1 Å². The molecule has 0 radical (unpaired) electrons. The summed E-state index contributed by atoms with van der Waals surface area (Å²) in [6.07, 6.45) is 5.42. The summed E-state index contributed by atoms with van der Waals surface area (Å²) in [5.41, 5.74) is 0.695. The van der Waals surface area contributed by atoms with Gasteiger partial charge in [-0.25, -0.2) is 0 Å². The van der Waals surface area contributed by atoms with Crippen molar-refractivity contribution in [3.05, 3.63) is 28.8 Å². The summed E-state index contributed by atoms with van der Waals surface area (Å²) in [5, 5.41) is 22.2. The molecule has 1 aliphatic carbocycles. The van der Waals surface area contributed by atoms with Gasteiger partial charge in [0.2, 0.25) is 5.91 Å². The van der Waals surface area contributed by atoms with Crippen LogP contribution in [0.15, 0.2) is 18.2 Å². The highest BCUT2D eigenvalue weighted by Crippen LogP contribution is 2.24. The highest BCUT2D eigenvalue weighted by atomic mass is 35.5. The summed E-state index contributed by atoms with van der Waals surface area (Å²) in [7, 11) is 0. The van der Waals surface area contributed by atoms with Crippen LogP contribution in [0, 0.1) is 5.92 Å². The van der Waals surface area contributed by atoms with E-state index in [9.17, 15) is 15.0 Å². The van der Waals surface area contributed by atoms with Gasteiger partial charge in [0.25, 0.3) is 0 Å². The number of amides is 1. The first kappa shape index (κ1) is 16.1. The number of aliphatic hydroxyl groups is 1. The van der Waals surface area contributed by atoms with Crippen LogP contribution >= 0.6 is 11.6 Å². The molecule has 0 aromatic heterocycles. The SMILES string of the molecule is O=C(Cc1ccc(O)cc1Cl)NC1CCCCCC1CO. The average Bonchev–Trinajstić information content (AvgIpc) is 2.67. The van der Waals surface area contributed by atoms with Crippen molar-refractivity contribution in [1.29, 1.82) is 0 Å². The molecule has 5 heteroatoms. The van der Waals surface area contributed by atoms with Gasteiger partial charge in [-0.05, 0) is 30.5 Å². The zero-order valence-corrected chi connectivity index (χ0v) is 12.8. The van der Waals surface area contributed by atoms with Crippen molar-refractivity contribution in [3.8, 4) is 5.75 Å². The van der Waals surface area contributed by atoms with Crippen LogP contribution in [-0.4, -0.2) is 28.8 Å². The lowest BCUT2D eigenvalue weighted by Gasteiger charge is -2.24. The molecule has 116 valence electrons. The molecule has 0 aliphatic heterocycles. The fourth-order valence-corrected chi connectivity index (χ4v) is 3.14. The number of hydrogen-bond donors (Lipinski definition) is 3. The van der Waals surface area contributed by atoms with Crippen molar-refractivity contribution in [2.45, 2.75) is 44.6 Å². The molecule has 0 saturated heterocycles. The minimum absolute atomic E-state index is 0.0425. The molecule has 1 aromatic carbocycles. The predicted molar refractivity (Wildman–Crippen MR) is 82.4 cm³/mol. The van der Waals surface area contributed by atoms with Crippen LogP contribution in [0.5, 0.6) is 5.75 Å². The van der Waals surface area contributed by atoms with Crippen molar-refractivity contribution in [1.82, 2.24) is 5.32 Å². The van der Waals surface area contributed by atoms with Gasteiger partial charge >= 0.3 is 0 Å². The minimum atomic E-state index is -0.0899. The largest absolute Gasteiger partial charge is 0.508 e. The number of benzene rings is 1. The molecule has 1 saturated carbocycles. The molecular weight excluding hydrogens is 290 g/mol. The number of phenolic OH excluding ortho intramolecular Hbond substituents is 1. The standard InChI is InChI=1S/C16H22ClNO3/c17-14-9-13(20)7-6-11(14)8-16(21)18-15-5-3-1-2-4-12(15)10-19/h6-7,9,12,15,19-20H,1-5,8,10H2,(H,18,21). The molecule has 21 heavy (non-hydrogen) atoms. The van der Waals surface area contributed by atoms with Gasteiger partial charge in [0.15, 0.2) is 0 Å². The molecule has 4 nitrogen and oxygen atoms in total. The van der Waals surface area contributed by atoms with Gasteiger partial charge in [0.05, 0.1) is 6.42 Å². The Morgan fingerprint density at radius 3 is 2.76 bits per heavy atom. The van der Waals surface area contributed by atoms with Crippen LogP contribution in [0.25, 0.3) is 0 Å².